The van der Waals surface area contributed by atoms with Crippen LogP contribution >= 0.6 is 0 Å². The predicted octanol–water partition coefficient (Wildman–Crippen LogP) is 4.40. The highest BCUT2D eigenvalue weighted by Crippen LogP contribution is 2.33. The van der Waals surface area contributed by atoms with E-state index >= 15 is 0 Å². The normalized spacial score (nSPS) is 24.2. The second-order valence-electron chi connectivity index (χ2n) is 7.06. The standard InChI is InChI=1S/C19H32N2/c1-4-15-5-11-18(12-6-15)19(21-20)13-16-7-9-17(10-8-16)14(2)3/h7-10,14-15,18-19,21H,4-6,11-13,20H2,1-3H3. The van der Waals surface area contributed by atoms with E-state index in [2.05, 4.69) is 50.5 Å². The van der Waals surface area contributed by atoms with E-state index in [1.807, 2.05) is 0 Å². The van der Waals surface area contributed by atoms with Gasteiger partial charge >= 0.3 is 0 Å². The second-order valence-corrected chi connectivity index (χ2v) is 7.06. The Bertz CT molecular complexity index is 402. The lowest BCUT2D eigenvalue weighted by Crippen LogP contribution is -2.43. The summed E-state index contributed by atoms with van der Waals surface area (Å²) in [5.41, 5.74) is 5.91. The van der Waals surface area contributed by atoms with Crippen LogP contribution in [0.4, 0.5) is 0 Å². The van der Waals surface area contributed by atoms with E-state index < -0.39 is 0 Å². The molecule has 0 radical (unpaired) electrons. The summed E-state index contributed by atoms with van der Waals surface area (Å²) in [5, 5.41) is 0. The molecule has 0 aromatic heterocycles. The molecule has 21 heavy (non-hydrogen) atoms. The zero-order valence-electron chi connectivity index (χ0n) is 13.9. The number of nitrogens with one attached hydrogen (secondary N) is 1. The second kappa shape index (κ2) is 7.95. The van der Waals surface area contributed by atoms with Crippen molar-refractivity contribution in [1.29, 1.82) is 0 Å². The zero-order chi connectivity index (χ0) is 15.2. The van der Waals surface area contributed by atoms with Gasteiger partial charge in [0, 0.05) is 6.04 Å². The maximum Gasteiger partial charge on any atom is 0.0279 e. The molecule has 1 aromatic rings. The lowest BCUT2D eigenvalue weighted by molar-refractivity contribution is 0.217. The van der Waals surface area contributed by atoms with Crippen LogP contribution in [0.2, 0.25) is 0 Å². The number of rotatable bonds is 6. The zero-order valence-corrected chi connectivity index (χ0v) is 13.9. The summed E-state index contributed by atoms with van der Waals surface area (Å²) < 4.78 is 0. The van der Waals surface area contributed by atoms with Crippen LogP contribution in [0.15, 0.2) is 24.3 Å². The van der Waals surface area contributed by atoms with Crippen LogP contribution in [0.5, 0.6) is 0 Å². The summed E-state index contributed by atoms with van der Waals surface area (Å²) in [6.07, 6.45) is 7.81. The molecule has 3 N–H and O–H groups in total. The van der Waals surface area contributed by atoms with E-state index in [0.717, 1.165) is 18.3 Å². The molecule has 1 aliphatic carbocycles. The molecular formula is C19H32N2. The van der Waals surface area contributed by atoms with Crippen molar-refractivity contribution in [2.24, 2.45) is 17.7 Å². The minimum absolute atomic E-state index is 0.424. The first-order valence-corrected chi connectivity index (χ1v) is 8.69. The molecule has 0 amide bonds. The summed E-state index contributed by atoms with van der Waals surface area (Å²) >= 11 is 0. The topological polar surface area (TPSA) is 38.0 Å². The Morgan fingerprint density at radius 3 is 2.19 bits per heavy atom. The molecule has 1 aliphatic rings. The van der Waals surface area contributed by atoms with Gasteiger partial charge in [0.15, 0.2) is 0 Å². The van der Waals surface area contributed by atoms with Crippen molar-refractivity contribution < 1.29 is 0 Å². The van der Waals surface area contributed by atoms with Crippen molar-refractivity contribution in [1.82, 2.24) is 5.43 Å². The molecule has 1 unspecified atom stereocenters. The molecule has 2 nitrogen and oxygen atoms in total. The maximum absolute atomic E-state index is 5.85. The van der Waals surface area contributed by atoms with Crippen LogP contribution in [0, 0.1) is 11.8 Å². The third kappa shape index (κ3) is 4.55. The van der Waals surface area contributed by atoms with Crippen molar-refractivity contribution in [2.45, 2.75) is 71.3 Å². The smallest absolute Gasteiger partial charge is 0.0279 e. The fourth-order valence-electron chi connectivity index (χ4n) is 3.65. The van der Waals surface area contributed by atoms with E-state index in [1.165, 1.54) is 43.2 Å². The third-order valence-electron chi connectivity index (χ3n) is 5.35. The Balaban J connectivity index is 1.93. The van der Waals surface area contributed by atoms with Crippen molar-refractivity contribution in [2.75, 3.05) is 0 Å². The Kier molecular flexibility index (Phi) is 6.25. The van der Waals surface area contributed by atoms with Gasteiger partial charge in [-0.25, -0.2) is 0 Å². The van der Waals surface area contributed by atoms with Crippen LogP contribution in [0.3, 0.4) is 0 Å². The highest BCUT2D eigenvalue weighted by atomic mass is 15.2. The van der Waals surface area contributed by atoms with Crippen LogP contribution in [0.25, 0.3) is 0 Å². The molecule has 0 aliphatic heterocycles. The number of hydrazine groups is 1. The van der Waals surface area contributed by atoms with E-state index in [9.17, 15) is 0 Å². The monoisotopic (exact) mass is 288 g/mol. The van der Waals surface area contributed by atoms with Crippen LogP contribution in [-0.2, 0) is 6.42 Å². The van der Waals surface area contributed by atoms with E-state index in [1.54, 1.807) is 0 Å². The van der Waals surface area contributed by atoms with Gasteiger partial charge in [-0.15, -0.1) is 0 Å². The van der Waals surface area contributed by atoms with Crippen molar-refractivity contribution in [3.8, 4) is 0 Å². The third-order valence-corrected chi connectivity index (χ3v) is 5.35. The van der Waals surface area contributed by atoms with Gasteiger partial charge in [-0.1, -0.05) is 64.3 Å². The van der Waals surface area contributed by atoms with Crippen molar-refractivity contribution in [3.63, 3.8) is 0 Å². The Morgan fingerprint density at radius 2 is 1.71 bits per heavy atom. The Hall–Kier alpha value is -0.860. The first kappa shape index (κ1) is 16.5. The fourth-order valence-corrected chi connectivity index (χ4v) is 3.65. The largest absolute Gasteiger partial charge is 0.271 e. The van der Waals surface area contributed by atoms with Gasteiger partial charge in [-0.05, 0) is 48.1 Å². The highest BCUT2D eigenvalue weighted by molar-refractivity contribution is 5.25. The minimum Gasteiger partial charge on any atom is -0.271 e. The summed E-state index contributed by atoms with van der Waals surface area (Å²) in [7, 11) is 0. The molecule has 1 aromatic carbocycles. The van der Waals surface area contributed by atoms with Gasteiger partial charge in [0.1, 0.15) is 0 Å². The van der Waals surface area contributed by atoms with Crippen LogP contribution in [-0.4, -0.2) is 6.04 Å². The number of nitrogens with two attached hydrogens (primary N) is 1. The van der Waals surface area contributed by atoms with Gasteiger partial charge in [0.05, 0.1) is 0 Å². The summed E-state index contributed by atoms with van der Waals surface area (Å²) in [4.78, 5) is 0. The molecule has 2 rings (SSSR count). The lowest BCUT2D eigenvalue weighted by atomic mass is 9.76. The average molecular weight is 288 g/mol. The molecule has 1 fully saturated rings. The highest BCUT2D eigenvalue weighted by Gasteiger charge is 2.26. The fraction of sp³-hybridized carbons (Fsp3) is 0.684. The molecule has 0 heterocycles. The molecular weight excluding hydrogens is 256 g/mol. The van der Waals surface area contributed by atoms with Crippen LogP contribution < -0.4 is 11.3 Å². The first-order chi connectivity index (χ1) is 10.1. The number of benzene rings is 1. The SMILES string of the molecule is CCC1CCC(C(Cc2ccc(C(C)C)cc2)NN)CC1. The minimum atomic E-state index is 0.424. The first-order valence-electron chi connectivity index (χ1n) is 8.69. The lowest BCUT2D eigenvalue weighted by Gasteiger charge is -2.33. The molecule has 1 saturated carbocycles. The van der Waals surface area contributed by atoms with Gasteiger partial charge in [0.2, 0.25) is 0 Å². The molecule has 0 saturated heterocycles. The van der Waals surface area contributed by atoms with Gasteiger partial charge in [-0.3, -0.25) is 11.3 Å². The predicted molar refractivity (Wildman–Crippen MR) is 91.1 cm³/mol. The number of hydrogen-bond acceptors (Lipinski definition) is 2. The average Bonchev–Trinajstić information content (AvgIpc) is 2.53. The Labute approximate surface area is 130 Å². The van der Waals surface area contributed by atoms with Crippen molar-refractivity contribution in [3.05, 3.63) is 35.4 Å². The van der Waals surface area contributed by atoms with Crippen LogP contribution in [0.1, 0.15) is 69.9 Å². The summed E-state index contributed by atoms with van der Waals surface area (Å²) in [6, 6.07) is 9.50. The van der Waals surface area contributed by atoms with E-state index in [-0.39, 0.29) is 0 Å². The quantitative estimate of drug-likeness (QED) is 0.601. The molecule has 118 valence electrons. The number of hydrogen-bond donors (Lipinski definition) is 2. The Morgan fingerprint density at radius 1 is 1.10 bits per heavy atom. The van der Waals surface area contributed by atoms with E-state index in [0.29, 0.717) is 12.0 Å². The maximum atomic E-state index is 5.85. The molecule has 2 heteroatoms. The molecule has 0 spiro atoms. The summed E-state index contributed by atoms with van der Waals surface area (Å²) in [5.74, 6) is 8.14. The van der Waals surface area contributed by atoms with Crippen molar-refractivity contribution >= 4 is 0 Å². The summed E-state index contributed by atoms with van der Waals surface area (Å²) in [6.45, 7) is 6.80. The molecule has 1 atom stereocenters. The molecule has 0 bridgehead atoms. The van der Waals surface area contributed by atoms with Gasteiger partial charge < -0.3 is 0 Å². The van der Waals surface area contributed by atoms with Gasteiger partial charge in [-0.2, -0.15) is 0 Å². The van der Waals surface area contributed by atoms with E-state index in [4.69, 9.17) is 5.84 Å². The van der Waals surface area contributed by atoms with Gasteiger partial charge in [0.25, 0.3) is 0 Å².